The molecule has 1 N–H and O–H groups in total. The molecule has 3 rings (SSSR count). The average Bonchev–Trinajstić information content (AvgIpc) is 2.70. The second kappa shape index (κ2) is 5.14. The van der Waals surface area contributed by atoms with Crippen LogP contribution in [0.4, 0.5) is 0 Å². The van der Waals surface area contributed by atoms with Crippen molar-refractivity contribution in [3.63, 3.8) is 0 Å². The van der Waals surface area contributed by atoms with Crippen molar-refractivity contribution in [3.8, 4) is 6.07 Å². The minimum atomic E-state index is -0.333. The lowest BCUT2D eigenvalue weighted by Crippen LogP contribution is -2.33. The van der Waals surface area contributed by atoms with Crippen molar-refractivity contribution >= 4 is 23.5 Å². The lowest BCUT2D eigenvalue weighted by Gasteiger charge is -2.29. The zero-order chi connectivity index (χ0) is 12.5. The molecule has 2 fully saturated rings. The summed E-state index contributed by atoms with van der Waals surface area (Å²) in [5.41, 5.74) is 0.674. The van der Waals surface area contributed by atoms with E-state index < -0.39 is 0 Å². The molecular weight excluding hydrogens is 266 g/mol. The zero-order valence-corrected chi connectivity index (χ0v) is 11.3. The fourth-order valence-corrected chi connectivity index (χ4v) is 5.10. The molecule has 2 saturated heterocycles. The predicted molar refractivity (Wildman–Crippen MR) is 72.5 cm³/mol. The molecule has 2 heterocycles. The normalized spacial score (nSPS) is 34.2. The highest BCUT2D eigenvalue weighted by Gasteiger charge is 2.44. The van der Waals surface area contributed by atoms with Crippen molar-refractivity contribution < 1.29 is 9.84 Å². The van der Waals surface area contributed by atoms with Gasteiger partial charge in [0.2, 0.25) is 0 Å². The van der Waals surface area contributed by atoms with Gasteiger partial charge in [0.25, 0.3) is 0 Å². The summed E-state index contributed by atoms with van der Waals surface area (Å²) < 4.78 is 6.04. The van der Waals surface area contributed by atoms with Crippen LogP contribution < -0.4 is 0 Å². The van der Waals surface area contributed by atoms with Crippen molar-refractivity contribution in [2.45, 2.75) is 34.2 Å². The van der Waals surface area contributed by atoms with E-state index >= 15 is 0 Å². The molecule has 3 nitrogen and oxygen atoms in total. The van der Waals surface area contributed by atoms with Crippen LogP contribution in [0.5, 0.6) is 0 Å². The van der Waals surface area contributed by atoms with Crippen LogP contribution in [-0.2, 0) is 4.74 Å². The molecule has 94 valence electrons. The van der Waals surface area contributed by atoms with E-state index in [1.54, 1.807) is 11.8 Å². The van der Waals surface area contributed by atoms with E-state index in [9.17, 15) is 5.11 Å². The Morgan fingerprint density at radius 1 is 1.39 bits per heavy atom. The Kier molecular flexibility index (Phi) is 3.53. The molecule has 0 unspecified atom stereocenters. The first-order chi connectivity index (χ1) is 8.76. The van der Waals surface area contributed by atoms with Gasteiger partial charge in [0.05, 0.1) is 28.4 Å². The third-order valence-electron chi connectivity index (χ3n) is 3.18. The summed E-state index contributed by atoms with van der Waals surface area (Å²) in [6.45, 7) is 0. The summed E-state index contributed by atoms with van der Waals surface area (Å²) in [4.78, 5) is 1.12. The fourth-order valence-electron chi connectivity index (χ4n) is 2.27. The van der Waals surface area contributed by atoms with Crippen LogP contribution in [-0.4, -0.2) is 33.8 Å². The molecule has 2 aliphatic rings. The molecule has 2 bridgehead atoms. The number of hydrogen-bond acceptors (Lipinski definition) is 5. The lowest BCUT2D eigenvalue weighted by molar-refractivity contribution is 0.0234. The van der Waals surface area contributed by atoms with Gasteiger partial charge < -0.3 is 9.84 Å². The van der Waals surface area contributed by atoms with E-state index in [1.807, 2.05) is 36.0 Å². The maximum Gasteiger partial charge on any atom is 0.105 e. The molecule has 0 aliphatic carbocycles. The molecule has 1 aromatic rings. The van der Waals surface area contributed by atoms with Crippen LogP contribution in [0.3, 0.4) is 0 Å². The summed E-state index contributed by atoms with van der Waals surface area (Å²) in [6, 6.07) is 9.67. The topological polar surface area (TPSA) is 53.2 Å². The number of nitrogens with zero attached hydrogens (tertiary/aromatic N) is 1. The van der Waals surface area contributed by atoms with Gasteiger partial charge in [-0.25, -0.2) is 0 Å². The zero-order valence-electron chi connectivity index (χ0n) is 9.65. The summed E-state index contributed by atoms with van der Waals surface area (Å²) in [7, 11) is 0. The molecule has 18 heavy (non-hydrogen) atoms. The summed E-state index contributed by atoms with van der Waals surface area (Å²) in [5.74, 6) is 0.960. The first kappa shape index (κ1) is 12.4. The summed E-state index contributed by atoms with van der Waals surface area (Å²) in [5, 5.41) is 18.7. The molecule has 1 aromatic carbocycles. The Labute approximate surface area is 115 Å². The molecule has 2 aliphatic heterocycles. The van der Waals surface area contributed by atoms with Gasteiger partial charge in [0.1, 0.15) is 6.10 Å². The highest BCUT2D eigenvalue weighted by atomic mass is 32.2. The highest BCUT2D eigenvalue weighted by molar-refractivity contribution is 8.17. The first-order valence-electron chi connectivity index (χ1n) is 5.88. The van der Waals surface area contributed by atoms with E-state index in [-0.39, 0.29) is 22.9 Å². The van der Waals surface area contributed by atoms with E-state index in [0.29, 0.717) is 5.56 Å². The molecule has 0 spiro atoms. The van der Waals surface area contributed by atoms with Crippen molar-refractivity contribution in [2.24, 2.45) is 0 Å². The lowest BCUT2D eigenvalue weighted by atomic mass is 10.2. The van der Waals surface area contributed by atoms with Crippen LogP contribution in [0.15, 0.2) is 29.2 Å². The van der Waals surface area contributed by atoms with Crippen molar-refractivity contribution in [1.82, 2.24) is 0 Å². The molecule has 5 heteroatoms. The first-order valence-corrected chi connectivity index (χ1v) is 7.81. The van der Waals surface area contributed by atoms with Crippen LogP contribution in [0.25, 0.3) is 0 Å². The Hall–Kier alpha value is -0.670. The van der Waals surface area contributed by atoms with Gasteiger partial charge in [-0.15, -0.1) is 23.5 Å². The van der Waals surface area contributed by atoms with Gasteiger partial charge in [-0.2, -0.15) is 5.26 Å². The number of aliphatic hydroxyl groups is 1. The highest BCUT2D eigenvalue weighted by Crippen LogP contribution is 2.44. The van der Waals surface area contributed by atoms with E-state index in [4.69, 9.17) is 10.00 Å². The third-order valence-corrected chi connectivity index (χ3v) is 6.09. The van der Waals surface area contributed by atoms with Crippen molar-refractivity contribution in [3.05, 3.63) is 29.8 Å². The van der Waals surface area contributed by atoms with E-state index in [1.165, 1.54) is 0 Å². The summed E-state index contributed by atoms with van der Waals surface area (Å²) in [6.07, 6.45) is 0.602. The SMILES string of the molecule is N#Cc1ccc(S[C@H]2SC[C@@H]3C[C@H](O)[C@H]2O3)cc1. The van der Waals surface area contributed by atoms with Crippen molar-refractivity contribution in [2.75, 3.05) is 5.75 Å². The number of hydrogen-bond donors (Lipinski definition) is 1. The number of fused-ring (bicyclic) bond motifs is 2. The molecule has 0 radical (unpaired) electrons. The standard InChI is InChI=1S/C13H13NO2S2/c14-6-8-1-3-10(4-2-8)18-13-12-11(15)5-9(16-12)7-17-13/h1-4,9,11-13,15H,5,7H2/t9-,11-,12+,13+/m0/s1. The molecule has 0 amide bonds. The van der Waals surface area contributed by atoms with Crippen LogP contribution in [0, 0.1) is 11.3 Å². The van der Waals surface area contributed by atoms with Crippen molar-refractivity contribution in [1.29, 1.82) is 5.26 Å². The van der Waals surface area contributed by atoms with Gasteiger partial charge >= 0.3 is 0 Å². The Balaban J connectivity index is 1.70. The maximum absolute atomic E-state index is 9.94. The Morgan fingerprint density at radius 2 is 2.17 bits per heavy atom. The average molecular weight is 279 g/mol. The minimum Gasteiger partial charge on any atom is -0.390 e. The smallest absolute Gasteiger partial charge is 0.105 e. The Morgan fingerprint density at radius 3 is 2.89 bits per heavy atom. The number of ether oxygens (including phenoxy) is 1. The number of benzene rings is 1. The van der Waals surface area contributed by atoms with Gasteiger partial charge in [0.15, 0.2) is 0 Å². The number of rotatable bonds is 2. The second-order valence-corrected chi connectivity index (χ2v) is 7.17. The number of thioether (sulfide) groups is 2. The molecule has 4 atom stereocenters. The quantitative estimate of drug-likeness (QED) is 0.900. The van der Waals surface area contributed by atoms with E-state index in [0.717, 1.165) is 17.1 Å². The Bertz CT molecular complexity index is 471. The van der Waals surface area contributed by atoms with Gasteiger partial charge in [-0.1, -0.05) is 0 Å². The number of nitriles is 1. The second-order valence-electron chi connectivity index (χ2n) is 4.48. The molecular formula is C13H13NO2S2. The van der Waals surface area contributed by atoms with Gasteiger partial charge in [-0.3, -0.25) is 0 Å². The third kappa shape index (κ3) is 2.39. The fraction of sp³-hybridized carbons (Fsp3) is 0.462. The predicted octanol–water partition coefficient (Wildman–Crippen LogP) is 2.24. The van der Waals surface area contributed by atoms with Crippen LogP contribution in [0.2, 0.25) is 0 Å². The number of aliphatic hydroxyl groups excluding tert-OH is 1. The molecule has 0 saturated carbocycles. The maximum atomic E-state index is 9.94. The monoisotopic (exact) mass is 279 g/mol. The summed E-state index contributed by atoms with van der Waals surface area (Å²) >= 11 is 3.58. The van der Waals surface area contributed by atoms with Crippen LogP contribution >= 0.6 is 23.5 Å². The van der Waals surface area contributed by atoms with E-state index in [2.05, 4.69) is 6.07 Å². The minimum absolute atomic E-state index is 0.0607. The molecule has 0 aromatic heterocycles. The van der Waals surface area contributed by atoms with Crippen LogP contribution in [0.1, 0.15) is 12.0 Å². The largest absolute Gasteiger partial charge is 0.390 e. The van der Waals surface area contributed by atoms with Gasteiger partial charge in [0, 0.05) is 17.1 Å². The van der Waals surface area contributed by atoms with Gasteiger partial charge in [-0.05, 0) is 24.3 Å².